The standard InChI is InChI=1S/C29H38N6O11S/c1-29(2,3)33(27(36)22-8-4-20(5-9-22)17-44-34(38)39)16-24(19-43-26-25(30-47-31-26)32-12-14-42-15-13-32)46-28(37)23-10-6-21(7-11-23)18-45-35(40)41/h4-11,24,38-41H,12-19H2,1-3H3. The van der Waals surface area contributed by atoms with Gasteiger partial charge in [-0.1, -0.05) is 24.3 Å². The first-order valence-electron chi connectivity index (χ1n) is 14.5. The zero-order valence-electron chi connectivity index (χ0n) is 26.1. The molecule has 2 heterocycles. The maximum Gasteiger partial charge on any atom is 0.338 e. The minimum atomic E-state index is -0.946. The number of carbonyl (C=O) groups excluding carboxylic acids is 2. The van der Waals surface area contributed by atoms with E-state index in [2.05, 4.69) is 18.4 Å². The van der Waals surface area contributed by atoms with E-state index in [9.17, 15) is 9.59 Å². The van der Waals surface area contributed by atoms with Gasteiger partial charge in [0.2, 0.25) is 5.82 Å². The molecule has 1 aliphatic heterocycles. The Morgan fingerprint density at radius 2 is 1.45 bits per heavy atom. The largest absolute Gasteiger partial charge is 0.470 e. The number of rotatable bonds is 15. The maximum absolute atomic E-state index is 13.8. The molecule has 0 bridgehead atoms. The number of hydrogen-bond acceptors (Lipinski definition) is 17. The molecule has 1 aliphatic rings. The smallest absolute Gasteiger partial charge is 0.338 e. The molecule has 18 heteroatoms. The van der Waals surface area contributed by atoms with Gasteiger partial charge in [0.15, 0.2) is 6.10 Å². The second-order valence-corrected chi connectivity index (χ2v) is 11.9. The average molecular weight is 679 g/mol. The molecule has 17 nitrogen and oxygen atoms in total. The Labute approximate surface area is 274 Å². The van der Waals surface area contributed by atoms with Crippen LogP contribution in [0.5, 0.6) is 5.88 Å². The van der Waals surface area contributed by atoms with E-state index in [4.69, 9.17) is 35.0 Å². The van der Waals surface area contributed by atoms with Crippen LogP contribution in [0.25, 0.3) is 0 Å². The first kappa shape index (κ1) is 36.0. The number of carbonyl (C=O) groups is 2. The van der Waals surface area contributed by atoms with Gasteiger partial charge in [-0.05, 0) is 56.2 Å². The molecule has 1 amide bonds. The van der Waals surface area contributed by atoms with Crippen LogP contribution < -0.4 is 9.64 Å². The first-order chi connectivity index (χ1) is 22.4. The molecular formula is C29H38N6O11S. The van der Waals surface area contributed by atoms with Gasteiger partial charge in [-0.25, -0.2) is 14.5 Å². The number of nitrogens with zero attached hydrogens (tertiary/aromatic N) is 6. The highest BCUT2D eigenvalue weighted by Crippen LogP contribution is 2.27. The highest BCUT2D eigenvalue weighted by molar-refractivity contribution is 6.99. The fraction of sp³-hybridized carbons (Fsp3) is 0.448. The van der Waals surface area contributed by atoms with Crippen molar-refractivity contribution in [3.8, 4) is 5.88 Å². The molecule has 3 aromatic rings. The van der Waals surface area contributed by atoms with E-state index in [1.807, 2.05) is 25.7 Å². The van der Waals surface area contributed by atoms with Crippen molar-refractivity contribution in [3.63, 3.8) is 0 Å². The first-order valence-corrected chi connectivity index (χ1v) is 15.2. The van der Waals surface area contributed by atoms with Gasteiger partial charge in [0, 0.05) is 24.2 Å². The van der Waals surface area contributed by atoms with Gasteiger partial charge in [-0.2, -0.15) is 4.37 Å². The Morgan fingerprint density at radius 1 is 0.894 bits per heavy atom. The SMILES string of the molecule is CC(C)(C)N(CC(COc1nsnc1N1CCOCC1)OC(=O)c1ccc(CON(O)O)cc1)C(=O)c1ccc(CON(O)O)cc1. The number of morpholine rings is 1. The van der Waals surface area contributed by atoms with Crippen LogP contribution in [0.3, 0.4) is 0 Å². The second-order valence-electron chi connectivity index (χ2n) is 11.4. The fourth-order valence-corrected chi connectivity index (χ4v) is 5.04. The summed E-state index contributed by atoms with van der Waals surface area (Å²) >= 11 is 0.992. The van der Waals surface area contributed by atoms with Gasteiger partial charge < -0.3 is 24.0 Å². The van der Waals surface area contributed by atoms with Crippen molar-refractivity contribution in [1.29, 1.82) is 0 Å². The Hall–Kier alpha value is -3.82. The number of esters is 1. The molecule has 2 aromatic carbocycles. The van der Waals surface area contributed by atoms with Crippen LogP contribution in [-0.4, -0.2) is 108 Å². The van der Waals surface area contributed by atoms with Crippen LogP contribution in [0.2, 0.25) is 0 Å². The minimum absolute atomic E-state index is 0.0396. The van der Waals surface area contributed by atoms with E-state index in [0.717, 1.165) is 11.7 Å². The molecule has 0 radical (unpaired) electrons. The zero-order valence-corrected chi connectivity index (χ0v) is 26.9. The molecule has 47 heavy (non-hydrogen) atoms. The highest BCUT2D eigenvalue weighted by Gasteiger charge is 2.32. The van der Waals surface area contributed by atoms with Crippen LogP contribution in [0, 0.1) is 0 Å². The molecule has 1 fully saturated rings. The van der Waals surface area contributed by atoms with Crippen molar-refractivity contribution in [1.82, 2.24) is 24.4 Å². The van der Waals surface area contributed by atoms with E-state index < -0.39 is 23.0 Å². The summed E-state index contributed by atoms with van der Waals surface area (Å²) in [5, 5.41) is 34.3. The zero-order chi connectivity index (χ0) is 34.0. The van der Waals surface area contributed by atoms with Crippen molar-refractivity contribution in [2.45, 2.75) is 45.6 Å². The van der Waals surface area contributed by atoms with Crippen LogP contribution in [0.1, 0.15) is 52.6 Å². The Morgan fingerprint density at radius 3 is 1.98 bits per heavy atom. The molecule has 256 valence electrons. The summed E-state index contributed by atoms with van der Waals surface area (Å²) in [5.74, 6) is -0.175. The maximum atomic E-state index is 13.8. The second kappa shape index (κ2) is 16.8. The van der Waals surface area contributed by atoms with Crippen LogP contribution in [-0.2, 0) is 32.4 Å². The van der Waals surface area contributed by atoms with E-state index in [0.29, 0.717) is 48.8 Å². The molecule has 0 aliphatic carbocycles. The summed E-state index contributed by atoms with van der Waals surface area (Å²) in [5.41, 5.74) is 0.998. The summed E-state index contributed by atoms with van der Waals surface area (Å²) in [6.45, 7) is 7.41. The Balaban J connectivity index is 1.53. The quantitative estimate of drug-likeness (QED) is 0.135. The molecule has 0 spiro atoms. The van der Waals surface area contributed by atoms with Crippen molar-refractivity contribution in [2.24, 2.45) is 0 Å². The topological polar surface area (TPSA) is 200 Å². The molecule has 1 unspecified atom stereocenters. The van der Waals surface area contributed by atoms with E-state index >= 15 is 0 Å². The van der Waals surface area contributed by atoms with Crippen LogP contribution >= 0.6 is 11.7 Å². The molecule has 0 saturated carbocycles. The van der Waals surface area contributed by atoms with Crippen molar-refractivity contribution in [2.75, 3.05) is 44.4 Å². The molecule has 4 rings (SSSR count). The van der Waals surface area contributed by atoms with Crippen LogP contribution in [0.4, 0.5) is 5.82 Å². The summed E-state index contributed by atoms with van der Waals surface area (Å²) in [6.07, 6.45) is -0.946. The molecule has 4 N–H and O–H groups in total. The van der Waals surface area contributed by atoms with Gasteiger partial charge >= 0.3 is 5.97 Å². The monoisotopic (exact) mass is 678 g/mol. The summed E-state index contributed by atoms with van der Waals surface area (Å²) in [6, 6.07) is 12.6. The van der Waals surface area contributed by atoms with E-state index in [-0.39, 0.29) is 49.1 Å². The lowest BCUT2D eigenvalue weighted by atomic mass is 10.0. The average Bonchev–Trinajstić information content (AvgIpc) is 3.52. The number of amides is 1. The minimum Gasteiger partial charge on any atom is -0.470 e. The Kier molecular flexibility index (Phi) is 12.9. The van der Waals surface area contributed by atoms with E-state index in [1.54, 1.807) is 41.3 Å². The normalized spacial score (nSPS) is 14.4. The molecule has 1 saturated heterocycles. The van der Waals surface area contributed by atoms with Crippen LogP contribution in [0.15, 0.2) is 48.5 Å². The number of hydrogen-bond donors (Lipinski definition) is 4. The third-order valence-electron chi connectivity index (χ3n) is 6.96. The number of benzene rings is 2. The number of anilines is 1. The van der Waals surface area contributed by atoms with Crippen molar-refractivity contribution < 1.29 is 54.3 Å². The van der Waals surface area contributed by atoms with Gasteiger partial charge in [0.05, 0.1) is 61.0 Å². The van der Waals surface area contributed by atoms with Gasteiger partial charge in [0.1, 0.15) is 6.61 Å². The lowest BCUT2D eigenvalue weighted by Gasteiger charge is -2.38. The predicted molar refractivity (Wildman–Crippen MR) is 162 cm³/mol. The van der Waals surface area contributed by atoms with Crippen molar-refractivity contribution >= 4 is 29.4 Å². The fourth-order valence-electron chi connectivity index (χ4n) is 4.52. The third-order valence-corrected chi connectivity index (χ3v) is 7.46. The Bertz CT molecular complexity index is 1430. The third kappa shape index (κ3) is 10.9. The van der Waals surface area contributed by atoms with Gasteiger partial charge in [0.25, 0.3) is 11.8 Å². The van der Waals surface area contributed by atoms with Crippen molar-refractivity contribution in [3.05, 3.63) is 70.8 Å². The van der Waals surface area contributed by atoms with E-state index in [1.165, 1.54) is 12.1 Å². The summed E-state index contributed by atoms with van der Waals surface area (Å²) < 4.78 is 26.1. The molecule has 1 aromatic heterocycles. The predicted octanol–water partition coefficient (Wildman–Crippen LogP) is 2.94. The summed E-state index contributed by atoms with van der Waals surface area (Å²) in [7, 11) is 0. The van der Waals surface area contributed by atoms with Gasteiger partial charge in [-0.15, -0.1) is 4.37 Å². The lowest BCUT2D eigenvalue weighted by molar-refractivity contribution is -0.497. The lowest BCUT2D eigenvalue weighted by Crippen LogP contribution is -2.51. The molecule has 1 atom stereocenters. The van der Waals surface area contributed by atoms with Gasteiger partial charge in [-0.3, -0.25) is 25.6 Å². The highest BCUT2D eigenvalue weighted by atomic mass is 32.1. The molecular weight excluding hydrogens is 640 g/mol. The summed E-state index contributed by atoms with van der Waals surface area (Å²) in [4.78, 5) is 40.0. The number of aromatic nitrogens is 2. The number of ether oxygens (including phenoxy) is 3.